The lowest BCUT2D eigenvalue weighted by atomic mass is 10.0. The first-order valence-corrected chi connectivity index (χ1v) is 9.08. The lowest BCUT2D eigenvalue weighted by Crippen LogP contribution is -2.38. The Morgan fingerprint density at radius 3 is 2.81 bits per heavy atom. The standard InChI is InChI=1S/C20H23N3O3/c24-18-11-21-9-15(18)10-22-20(26)14-8-19(25)23(12-14)17-7-3-5-13-4-1-2-6-16(13)17/h1-7,14-15,18,21,24H,8-12H2,(H,22,26). The van der Waals surface area contributed by atoms with E-state index in [9.17, 15) is 14.7 Å². The number of carbonyl (C=O) groups excluding carboxylic acids is 2. The fraction of sp³-hybridized carbons (Fsp3) is 0.400. The third-order valence-corrected chi connectivity index (χ3v) is 5.40. The van der Waals surface area contributed by atoms with Gasteiger partial charge in [0.05, 0.1) is 17.7 Å². The van der Waals surface area contributed by atoms with Crippen molar-refractivity contribution in [2.24, 2.45) is 11.8 Å². The highest BCUT2D eigenvalue weighted by atomic mass is 16.3. The maximum atomic E-state index is 12.5. The monoisotopic (exact) mass is 353 g/mol. The minimum absolute atomic E-state index is 0.0240. The van der Waals surface area contributed by atoms with Gasteiger partial charge in [0.2, 0.25) is 11.8 Å². The molecule has 4 rings (SSSR count). The Balaban J connectivity index is 1.45. The fourth-order valence-electron chi connectivity index (χ4n) is 3.86. The summed E-state index contributed by atoms with van der Waals surface area (Å²) in [5.74, 6) is -0.456. The van der Waals surface area contributed by atoms with Crippen LogP contribution in [0.5, 0.6) is 0 Å². The van der Waals surface area contributed by atoms with E-state index < -0.39 is 6.10 Å². The Labute approximate surface area is 152 Å². The van der Waals surface area contributed by atoms with E-state index in [1.165, 1.54) is 0 Å². The number of fused-ring (bicyclic) bond motifs is 1. The smallest absolute Gasteiger partial charge is 0.227 e. The van der Waals surface area contributed by atoms with E-state index in [4.69, 9.17) is 0 Å². The highest BCUT2D eigenvalue weighted by Gasteiger charge is 2.36. The van der Waals surface area contributed by atoms with Gasteiger partial charge in [-0.2, -0.15) is 0 Å². The zero-order valence-electron chi connectivity index (χ0n) is 14.5. The number of rotatable bonds is 4. The van der Waals surface area contributed by atoms with E-state index in [0.717, 1.165) is 16.5 Å². The second kappa shape index (κ2) is 7.05. The van der Waals surface area contributed by atoms with Crippen LogP contribution in [0.15, 0.2) is 42.5 Å². The molecule has 0 spiro atoms. The fourth-order valence-corrected chi connectivity index (χ4v) is 3.86. The second-order valence-electron chi connectivity index (χ2n) is 7.13. The number of β-amino-alcohol motifs (C(OH)–C–C–N with tert-alkyl or cyclic N) is 1. The molecule has 0 saturated carbocycles. The number of carbonyl (C=O) groups is 2. The van der Waals surface area contributed by atoms with Gasteiger partial charge in [-0.25, -0.2) is 0 Å². The SMILES string of the molecule is O=C(NCC1CNCC1O)C1CC(=O)N(c2cccc3ccccc23)C1. The lowest BCUT2D eigenvalue weighted by Gasteiger charge is -2.19. The highest BCUT2D eigenvalue weighted by Crippen LogP contribution is 2.31. The molecule has 26 heavy (non-hydrogen) atoms. The van der Waals surface area contributed by atoms with E-state index in [1.54, 1.807) is 4.90 Å². The molecule has 2 fully saturated rings. The molecule has 2 saturated heterocycles. The van der Waals surface area contributed by atoms with Crippen LogP contribution in [0, 0.1) is 11.8 Å². The molecule has 2 heterocycles. The molecule has 2 aliphatic rings. The van der Waals surface area contributed by atoms with Gasteiger partial charge in [-0.05, 0) is 11.5 Å². The van der Waals surface area contributed by atoms with Crippen LogP contribution < -0.4 is 15.5 Å². The number of nitrogens with one attached hydrogen (secondary N) is 2. The summed E-state index contributed by atoms with van der Waals surface area (Å²) in [7, 11) is 0. The summed E-state index contributed by atoms with van der Waals surface area (Å²) in [5.41, 5.74) is 0.860. The van der Waals surface area contributed by atoms with Crippen molar-refractivity contribution in [3.05, 3.63) is 42.5 Å². The van der Waals surface area contributed by atoms with Gasteiger partial charge < -0.3 is 20.6 Å². The maximum absolute atomic E-state index is 12.5. The number of anilines is 1. The van der Waals surface area contributed by atoms with Crippen molar-refractivity contribution in [2.45, 2.75) is 12.5 Å². The van der Waals surface area contributed by atoms with Crippen LogP contribution in [0.2, 0.25) is 0 Å². The van der Waals surface area contributed by atoms with E-state index in [2.05, 4.69) is 10.6 Å². The molecule has 2 aromatic carbocycles. The van der Waals surface area contributed by atoms with E-state index in [-0.39, 0.29) is 30.1 Å². The summed E-state index contributed by atoms with van der Waals surface area (Å²) < 4.78 is 0. The van der Waals surface area contributed by atoms with Crippen molar-refractivity contribution in [3.63, 3.8) is 0 Å². The number of hydrogen-bond acceptors (Lipinski definition) is 4. The van der Waals surface area contributed by atoms with E-state index >= 15 is 0 Å². The molecule has 0 aromatic heterocycles. The van der Waals surface area contributed by atoms with Gasteiger partial charge in [0.15, 0.2) is 0 Å². The van der Waals surface area contributed by atoms with Crippen LogP contribution >= 0.6 is 0 Å². The summed E-state index contributed by atoms with van der Waals surface area (Å²) in [4.78, 5) is 26.8. The lowest BCUT2D eigenvalue weighted by molar-refractivity contribution is -0.126. The molecule has 3 atom stereocenters. The summed E-state index contributed by atoms with van der Waals surface area (Å²) in [5, 5.41) is 17.9. The van der Waals surface area contributed by atoms with Crippen LogP contribution in [-0.2, 0) is 9.59 Å². The van der Waals surface area contributed by atoms with Gasteiger partial charge in [0, 0.05) is 43.9 Å². The number of hydrogen-bond donors (Lipinski definition) is 3. The average Bonchev–Trinajstić information content (AvgIpc) is 3.25. The molecule has 0 radical (unpaired) electrons. The molecular formula is C20H23N3O3. The van der Waals surface area contributed by atoms with Gasteiger partial charge in [0.1, 0.15) is 0 Å². The molecule has 6 heteroatoms. The minimum atomic E-state index is -0.423. The molecule has 6 nitrogen and oxygen atoms in total. The van der Waals surface area contributed by atoms with Crippen LogP contribution in [-0.4, -0.2) is 49.2 Å². The number of benzene rings is 2. The van der Waals surface area contributed by atoms with Crippen LogP contribution in [0.4, 0.5) is 5.69 Å². The summed E-state index contributed by atoms with van der Waals surface area (Å²) >= 11 is 0. The minimum Gasteiger partial charge on any atom is -0.391 e. The molecule has 2 amide bonds. The Morgan fingerprint density at radius 1 is 1.19 bits per heavy atom. The first-order chi connectivity index (χ1) is 12.6. The molecule has 2 aliphatic heterocycles. The van der Waals surface area contributed by atoms with Crippen molar-refractivity contribution >= 4 is 28.3 Å². The van der Waals surface area contributed by atoms with Crippen LogP contribution in [0.3, 0.4) is 0 Å². The normalized spacial score (nSPS) is 25.8. The summed E-state index contributed by atoms with van der Waals surface area (Å²) in [6.07, 6.45) is -0.201. The maximum Gasteiger partial charge on any atom is 0.227 e. The Hall–Kier alpha value is -2.44. The quantitative estimate of drug-likeness (QED) is 0.762. The summed E-state index contributed by atoms with van der Waals surface area (Å²) in [6, 6.07) is 13.8. The number of nitrogens with zero attached hydrogens (tertiary/aromatic N) is 1. The Bertz CT molecular complexity index is 833. The van der Waals surface area contributed by atoms with E-state index in [1.807, 2.05) is 42.5 Å². The molecule has 136 valence electrons. The Morgan fingerprint density at radius 2 is 2.00 bits per heavy atom. The van der Waals surface area contributed by atoms with Gasteiger partial charge >= 0.3 is 0 Å². The van der Waals surface area contributed by atoms with Crippen molar-refractivity contribution < 1.29 is 14.7 Å². The number of amides is 2. The third-order valence-electron chi connectivity index (χ3n) is 5.40. The molecular weight excluding hydrogens is 330 g/mol. The van der Waals surface area contributed by atoms with Crippen molar-refractivity contribution in [1.82, 2.24) is 10.6 Å². The van der Waals surface area contributed by atoms with E-state index in [0.29, 0.717) is 26.2 Å². The van der Waals surface area contributed by atoms with Gasteiger partial charge in [-0.15, -0.1) is 0 Å². The predicted octanol–water partition coefficient (Wildman–Crippen LogP) is 0.889. The largest absolute Gasteiger partial charge is 0.391 e. The predicted molar refractivity (Wildman–Crippen MR) is 99.8 cm³/mol. The van der Waals surface area contributed by atoms with Crippen LogP contribution in [0.1, 0.15) is 6.42 Å². The van der Waals surface area contributed by atoms with Crippen molar-refractivity contribution in [1.29, 1.82) is 0 Å². The molecule has 3 N–H and O–H groups in total. The molecule has 2 aromatic rings. The molecule has 0 aliphatic carbocycles. The average molecular weight is 353 g/mol. The second-order valence-corrected chi connectivity index (χ2v) is 7.13. The zero-order valence-corrected chi connectivity index (χ0v) is 14.5. The van der Waals surface area contributed by atoms with Gasteiger partial charge in [-0.1, -0.05) is 36.4 Å². The zero-order chi connectivity index (χ0) is 18.1. The number of aliphatic hydroxyl groups excluding tert-OH is 1. The van der Waals surface area contributed by atoms with Gasteiger partial charge in [-0.3, -0.25) is 9.59 Å². The highest BCUT2D eigenvalue weighted by molar-refractivity contribution is 6.06. The first-order valence-electron chi connectivity index (χ1n) is 9.08. The topological polar surface area (TPSA) is 81.7 Å². The summed E-state index contributed by atoms with van der Waals surface area (Å²) in [6.45, 7) is 2.10. The van der Waals surface area contributed by atoms with Crippen molar-refractivity contribution in [3.8, 4) is 0 Å². The molecule has 3 unspecified atom stereocenters. The van der Waals surface area contributed by atoms with Gasteiger partial charge in [0.25, 0.3) is 0 Å². The Kier molecular flexibility index (Phi) is 4.61. The van der Waals surface area contributed by atoms with Crippen LogP contribution in [0.25, 0.3) is 10.8 Å². The first kappa shape index (κ1) is 17.0. The molecule has 0 bridgehead atoms. The number of aliphatic hydroxyl groups is 1. The third kappa shape index (κ3) is 3.18. The van der Waals surface area contributed by atoms with Crippen molar-refractivity contribution in [2.75, 3.05) is 31.1 Å².